The average Bonchev–Trinajstić information content (AvgIpc) is 3.04. The zero-order valence-corrected chi connectivity index (χ0v) is 13.1. The SMILES string of the molecule is CC(C)(C)OC(=O)NC1CCN(c2nccn3ccnc23)C1. The van der Waals surface area contributed by atoms with Gasteiger partial charge in [-0.1, -0.05) is 0 Å². The highest BCUT2D eigenvalue weighted by molar-refractivity contribution is 5.69. The molecule has 7 nitrogen and oxygen atoms in total. The van der Waals surface area contributed by atoms with Gasteiger partial charge in [-0.15, -0.1) is 0 Å². The molecule has 2 aromatic rings. The number of imidazole rings is 1. The third-order valence-electron chi connectivity index (χ3n) is 3.50. The number of anilines is 1. The molecule has 0 saturated carbocycles. The summed E-state index contributed by atoms with van der Waals surface area (Å²) in [6.07, 6.45) is 7.78. The zero-order valence-electron chi connectivity index (χ0n) is 13.1. The van der Waals surface area contributed by atoms with Crippen molar-refractivity contribution in [1.29, 1.82) is 0 Å². The van der Waals surface area contributed by atoms with Gasteiger partial charge in [0.25, 0.3) is 0 Å². The Morgan fingerprint density at radius 1 is 1.32 bits per heavy atom. The van der Waals surface area contributed by atoms with Crippen molar-refractivity contribution in [3.63, 3.8) is 0 Å². The van der Waals surface area contributed by atoms with E-state index in [1.807, 2.05) is 37.6 Å². The molecule has 1 saturated heterocycles. The van der Waals surface area contributed by atoms with Gasteiger partial charge in [0.15, 0.2) is 11.5 Å². The number of hydrogen-bond acceptors (Lipinski definition) is 5. The van der Waals surface area contributed by atoms with Crippen molar-refractivity contribution in [3.8, 4) is 0 Å². The van der Waals surface area contributed by atoms with E-state index in [1.165, 1.54) is 0 Å². The second-order valence-electron chi connectivity index (χ2n) is 6.49. The maximum atomic E-state index is 11.8. The molecule has 0 spiro atoms. The summed E-state index contributed by atoms with van der Waals surface area (Å²) in [4.78, 5) is 22.8. The lowest BCUT2D eigenvalue weighted by molar-refractivity contribution is 0.0509. The third kappa shape index (κ3) is 3.13. The highest BCUT2D eigenvalue weighted by atomic mass is 16.6. The lowest BCUT2D eigenvalue weighted by atomic mass is 10.2. The Morgan fingerprint density at radius 3 is 2.77 bits per heavy atom. The molecule has 1 amide bonds. The number of fused-ring (bicyclic) bond motifs is 1. The first-order valence-corrected chi connectivity index (χ1v) is 7.44. The minimum absolute atomic E-state index is 0.0619. The highest BCUT2D eigenvalue weighted by Crippen LogP contribution is 2.22. The molecule has 22 heavy (non-hydrogen) atoms. The van der Waals surface area contributed by atoms with Gasteiger partial charge in [0.2, 0.25) is 0 Å². The van der Waals surface area contributed by atoms with E-state index in [-0.39, 0.29) is 12.1 Å². The Kier molecular flexibility index (Phi) is 3.64. The largest absolute Gasteiger partial charge is 0.444 e. The van der Waals surface area contributed by atoms with Gasteiger partial charge in [-0.25, -0.2) is 14.8 Å². The van der Waals surface area contributed by atoms with Crippen LogP contribution in [-0.4, -0.2) is 45.2 Å². The molecule has 1 atom stereocenters. The van der Waals surface area contributed by atoms with Crippen LogP contribution in [0.2, 0.25) is 0 Å². The number of nitrogens with one attached hydrogen (secondary N) is 1. The molecule has 1 fully saturated rings. The van der Waals surface area contributed by atoms with Gasteiger partial charge in [-0.3, -0.25) is 0 Å². The van der Waals surface area contributed by atoms with Gasteiger partial charge in [-0.05, 0) is 27.2 Å². The normalized spacial score (nSPS) is 18.7. The van der Waals surface area contributed by atoms with Crippen molar-refractivity contribution in [2.24, 2.45) is 0 Å². The first kappa shape index (κ1) is 14.6. The smallest absolute Gasteiger partial charge is 0.407 e. The van der Waals surface area contributed by atoms with Crippen LogP contribution in [-0.2, 0) is 4.74 Å². The monoisotopic (exact) mass is 303 g/mol. The molecule has 0 aromatic carbocycles. The van der Waals surface area contributed by atoms with Crippen molar-refractivity contribution < 1.29 is 9.53 Å². The summed E-state index contributed by atoms with van der Waals surface area (Å²) in [5.41, 5.74) is 0.353. The van der Waals surface area contributed by atoms with Gasteiger partial charge in [-0.2, -0.15) is 0 Å². The number of ether oxygens (including phenoxy) is 1. The first-order chi connectivity index (χ1) is 10.4. The number of nitrogens with zero attached hydrogens (tertiary/aromatic N) is 4. The number of aromatic nitrogens is 3. The minimum atomic E-state index is -0.481. The van der Waals surface area contributed by atoms with Gasteiger partial charge in [0.05, 0.1) is 6.04 Å². The summed E-state index contributed by atoms with van der Waals surface area (Å²) in [5, 5.41) is 2.92. The molecule has 0 radical (unpaired) electrons. The van der Waals surface area contributed by atoms with Crippen LogP contribution in [0.15, 0.2) is 24.8 Å². The predicted molar refractivity (Wildman–Crippen MR) is 83.0 cm³/mol. The summed E-state index contributed by atoms with van der Waals surface area (Å²) in [6, 6.07) is 0.0619. The Morgan fingerprint density at radius 2 is 2.05 bits per heavy atom. The van der Waals surface area contributed by atoms with Crippen LogP contribution in [0, 0.1) is 0 Å². The summed E-state index contributed by atoms with van der Waals surface area (Å²) < 4.78 is 7.24. The van der Waals surface area contributed by atoms with Crippen molar-refractivity contribution in [2.45, 2.75) is 38.8 Å². The molecule has 0 aliphatic carbocycles. The lowest BCUT2D eigenvalue weighted by Crippen LogP contribution is -2.40. The first-order valence-electron chi connectivity index (χ1n) is 7.44. The van der Waals surface area contributed by atoms with Crippen LogP contribution in [0.25, 0.3) is 5.65 Å². The number of rotatable bonds is 2. The van der Waals surface area contributed by atoms with Gasteiger partial charge in [0, 0.05) is 37.9 Å². The van der Waals surface area contributed by atoms with Crippen LogP contribution in [0.1, 0.15) is 27.2 Å². The van der Waals surface area contributed by atoms with E-state index in [2.05, 4.69) is 20.2 Å². The summed E-state index contributed by atoms with van der Waals surface area (Å²) >= 11 is 0. The van der Waals surface area contributed by atoms with E-state index in [4.69, 9.17) is 4.74 Å². The Bertz CT molecular complexity index is 676. The molecule has 3 rings (SSSR count). The van der Waals surface area contributed by atoms with Crippen LogP contribution in [0.4, 0.5) is 10.6 Å². The van der Waals surface area contributed by atoms with E-state index < -0.39 is 5.60 Å². The minimum Gasteiger partial charge on any atom is -0.444 e. The molecule has 2 aromatic heterocycles. The summed E-state index contributed by atoms with van der Waals surface area (Å²) in [7, 11) is 0. The van der Waals surface area contributed by atoms with Gasteiger partial charge >= 0.3 is 6.09 Å². The molecule has 1 unspecified atom stereocenters. The molecular weight excluding hydrogens is 282 g/mol. The molecule has 3 heterocycles. The van der Waals surface area contributed by atoms with Crippen LogP contribution in [0.5, 0.6) is 0 Å². The van der Waals surface area contributed by atoms with Crippen LogP contribution < -0.4 is 10.2 Å². The zero-order chi connectivity index (χ0) is 15.7. The summed E-state index contributed by atoms with van der Waals surface area (Å²) in [5.74, 6) is 0.848. The Hall–Kier alpha value is -2.31. The number of hydrogen-bond donors (Lipinski definition) is 1. The van der Waals surface area contributed by atoms with Gasteiger partial charge < -0.3 is 19.4 Å². The second kappa shape index (κ2) is 5.47. The quantitative estimate of drug-likeness (QED) is 0.916. The predicted octanol–water partition coefficient (Wildman–Crippen LogP) is 1.83. The fourth-order valence-corrected chi connectivity index (χ4v) is 2.61. The molecule has 1 aliphatic heterocycles. The van der Waals surface area contributed by atoms with Crippen molar-refractivity contribution in [2.75, 3.05) is 18.0 Å². The average molecular weight is 303 g/mol. The van der Waals surface area contributed by atoms with E-state index in [0.29, 0.717) is 6.54 Å². The molecule has 1 N–H and O–H groups in total. The maximum Gasteiger partial charge on any atom is 0.407 e. The van der Waals surface area contributed by atoms with Gasteiger partial charge in [0.1, 0.15) is 5.60 Å². The van der Waals surface area contributed by atoms with E-state index >= 15 is 0 Å². The van der Waals surface area contributed by atoms with E-state index in [9.17, 15) is 4.79 Å². The third-order valence-corrected chi connectivity index (χ3v) is 3.50. The fourth-order valence-electron chi connectivity index (χ4n) is 2.61. The van der Waals surface area contributed by atoms with Crippen LogP contribution >= 0.6 is 0 Å². The Balaban J connectivity index is 1.65. The number of carbonyl (C=O) groups is 1. The molecular formula is C15H21N5O2. The standard InChI is InChI=1S/C15H21N5O2/c1-15(2,3)22-14(21)18-11-4-7-20(10-11)13-12-16-5-8-19(12)9-6-17-13/h5-6,8-9,11H,4,7,10H2,1-3H3,(H,18,21). The summed E-state index contributed by atoms with van der Waals surface area (Å²) in [6.45, 7) is 7.11. The molecule has 7 heteroatoms. The van der Waals surface area contributed by atoms with Crippen LogP contribution in [0.3, 0.4) is 0 Å². The molecule has 0 bridgehead atoms. The van der Waals surface area contributed by atoms with E-state index in [1.54, 1.807) is 12.4 Å². The van der Waals surface area contributed by atoms with E-state index in [0.717, 1.165) is 24.4 Å². The molecule has 118 valence electrons. The number of alkyl carbamates (subject to hydrolysis) is 1. The fraction of sp³-hybridized carbons (Fsp3) is 0.533. The maximum absolute atomic E-state index is 11.8. The highest BCUT2D eigenvalue weighted by Gasteiger charge is 2.28. The Labute approximate surface area is 129 Å². The second-order valence-corrected chi connectivity index (χ2v) is 6.49. The topological polar surface area (TPSA) is 71.8 Å². The number of amides is 1. The van der Waals surface area contributed by atoms with Crippen molar-refractivity contribution >= 4 is 17.6 Å². The van der Waals surface area contributed by atoms with Crippen molar-refractivity contribution in [1.82, 2.24) is 19.7 Å². The molecule has 1 aliphatic rings. The van der Waals surface area contributed by atoms with Crippen molar-refractivity contribution in [3.05, 3.63) is 24.8 Å². The lowest BCUT2D eigenvalue weighted by Gasteiger charge is -2.22. The number of carbonyl (C=O) groups excluding carboxylic acids is 1.